The quantitative estimate of drug-likeness (QED) is 0.359. The Labute approximate surface area is 127 Å². The largest absolute Gasteiger partial charge is 0.478 e. The van der Waals surface area contributed by atoms with Gasteiger partial charge in [-0.1, -0.05) is 33.8 Å². The van der Waals surface area contributed by atoms with Crippen molar-refractivity contribution in [2.75, 3.05) is 26.2 Å². The molecule has 0 rings (SSSR count). The molecule has 0 amide bonds. The summed E-state index contributed by atoms with van der Waals surface area (Å²) in [4.78, 5) is 12.1. The molecule has 0 bridgehead atoms. The summed E-state index contributed by atoms with van der Waals surface area (Å²) in [6.07, 6.45) is 2.04. The minimum Gasteiger partial charge on any atom is -0.478 e. The number of hydrogen-bond donors (Lipinski definition) is 2. The zero-order chi connectivity index (χ0) is 16.9. The smallest absolute Gasteiger partial charge is 0.397 e. The monoisotopic (exact) mass is 325 g/mol. The lowest BCUT2D eigenvalue weighted by Gasteiger charge is -2.16. The van der Waals surface area contributed by atoms with Gasteiger partial charge in [0.15, 0.2) is 0 Å². The predicted octanol–water partition coefficient (Wildman–Crippen LogP) is 1.97. The summed E-state index contributed by atoms with van der Waals surface area (Å²) in [6, 6.07) is 0. The molecule has 0 heterocycles. The molecule has 0 aliphatic heterocycles. The van der Waals surface area contributed by atoms with Crippen LogP contribution in [0.5, 0.6) is 0 Å². The first-order valence-electron chi connectivity index (χ1n) is 6.93. The topological polar surface area (TPSA) is 104 Å². The van der Waals surface area contributed by atoms with Crippen LogP contribution in [0.15, 0.2) is 12.2 Å². The third-order valence-corrected chi connectivity index (χ3v) is 3.06. The van der Waals surface area contributed by atoms with Gasteiger partial charge in [-0.05, 0) is 25.9 Å². The number of carboxylic acids is 1. The second kappa shape index (κ2) is 12.8. The first-order chi connectivity index (χ1) is 9.67. The van der Waals surface area contributed by atoms with Gasteiger partial charge in [-0.3, -0.25) is 4.55 Å². The normalized spacial score (nSPS) is 10.9. The van der Waals surface area contributed by atoms with Crippen molar-refractivity contribution in [3.8, 4) is 0 Å². The van der Waals surface area contributed by atoms with E-state index < -0.39 is 16.4 Å². The minimum atomic E-state index is -4.25. The summed E-state index contributed by atoms with van der Waals surface area (Å²) >= 11 is 0. The fourth-order valence-corrected chi connectivity index (χ4v) is 1.73. The molecule has 0 spiro atoms. The number of rotatable bonds is 10. The third kappa shape index (κ3) is 17.0. The Kier molecular flexibility index (Phi) is 13.6. The highest BCUT2D eigenvalue weighted by atomic mass is 32.3. The summed E-state index contributed by atoms with van der Waals surface area (Å²) in [5.41, 5.74) is 0.299. The van der Waals surface area contributed by atoms with Crippen molar-refractivity contribution in [1.82, 2.24) is 4.90 Å². The lowest BCUT2D eigenvalue weighted by atomic mass is 10.2. The molecule has 126 valence electrons. The Bertz CT molecular complexity index is 389. The van der Waals surface area contributed by atoms with Crippen molar-refractivity contribution in [2.24, 2.45) is 0 Å². The van der Waals surface area contributed by atoms with E-state index in [-0.39, 0.29) is 6.61 Å². The van der Waals surface area contributed by atoms with Crippen molar-refractivity contribution in [2.45, 2.75) is 40.0 Å². The highest BCUT2D eigenvalue weighted by Crippen LogP contribution is 1.99. The third-order valence-electron chi connectivity index (χ3n) is 2.60. The molecular weight excluding hydrogens is 298 g/mol. The molecule has 21 heavy (non-hydrogen) atoms. The zero-order valence-electron chi connectivity index (χ0n) is 13.0. The molecule has 7 nitrogen and oxygen atoms in total. The first-order valence-corrected chi connectivity index (χ1v) is 8.29. The van der Waals surface area contributed by atoms with Crippen molar-refractivity contribution in [3.63, 3.8) is 0 Å². The van der Waals surface area contributed by atoms with Crippen LogP contribution in [0.2, 0.25) is 0 Å². The lowest BCUT2D eigenvalue weighted by Crippen LogP contribution is -2.25. The molecule has 0 aromatic rings. The molecule has 0 saturated heterocycles. The first kappa shape index (κ1) is 22.3. The Morgan fingerprint density at radius 3 is 2.05 bits per heavy atom. The van der Waals surface area contributed by atoms with Crippen LogP contribution < -0.4 is 0 Å². The predicted molar refractivity (Wildman–Crippen MR) is 81.6 cm³/mol. The van der Waals surface area contributed by atoms with E-state index in [1.165, 1.54) is 0 Å². The molecule has 0 fully saturated rings. The van der Waals surface area contributed by atoms with Gasteiger partial charge in [-0.2, -0.15) is 8.42 Å². The SMILES string of the molecule is C=C(CCC)C(=O)O.CCN(CC)CCCOS(=O)(=O)O. The molecule has 8 heteroatoms. The van der Waals surface area contributed by atoms with E-state index >= 15 is 0 Å². The Morgan fingerprint density at radius 2 is 1.76 bits per heavy atom. The molecule has 0 aromatic carbocycles. The molecule has 2 N–H and O–H groups in total. The Hall–Kier alpha value is -0.960. The molecule has 0 atom stereocenters. The highest BCUT2D eigenvalue weighted by Gasteiger charge is 2.04. The maximum atomic E-state index is 10.1. The van der Waals surface area contributed by atoms with Gasteiger partial charge in [0.25, 0.3) is 0 Å². The van der Waals surface area contributed by atoms with Crippen molar-refractivity contribution < 1.29 is 27.1 Å². The number of carbonyl (C=O) groups is 1. The van der Waals surface area contributed by atoms with Crippen LogP contribution in [0.25, 0.3) is 0 Å². The highest BCUT2D eigenvalue weighted by molar-refractivity contribution is 7.80. The van der Waals surface area contributed by atoms with E-state index in [2.05, 4.69) is 15.7 Å². The van der Waals surface area contributed by atoms with E-state index in [1.807, 2.05) is 20.8 Å². The molecule has 0 radical (unpaired) electrons. The van der Waals surface area contributed by atoms with Crippen LogP contribution in [0.4, 0.5) is 0 Å². The van der Waals surface area contributed by atoms with Crippen LogP contribution in [-0.4, -0.2) is 55.2 Å². The van der Waals surface area contributed by atoms with E-state index in [0.29, 0.717) is 18.4 Å². The summed E-state index contributed by atoms with van der Waals surface area (Å²) in [5, 5.41) is 8.21. The van der Waals surface area contributed by atoms with Gasteiger partial charge >= 0.3 is 16.4 Å². The average Bonchev–Trinajstić information content (AvgIpc) is 2.38. The minimum absolute atomic E-state index is 0.0370. The molecule has 0 aliphatic carbocycles. The van der Waals surface area contributed by atoms with Crippen molar-refractivity contribution >= 4 is 16.4 Å². The number of aliphatic carboxylic acids is 1. The molecule has 0 aliphatic rings. The average molecular weight is 325 g/mol. The fourth-order valence-electron chi connectivity index (χ4n) is 1.40. The molecule has 0 saturated carbocycles. The van der Waals surface area contributed by atoms with Crippen LogP contribution in [0.1, 0.15) is 40.0 Å². The van der Waals surface area contributed by atoms with Crippen LogP contribution >= 0.6 is 0 Å². The number of carboxylic acid groups (broad SMARTS) is 1. The second-order valence-electron chi connectivity index (χ2n) is 4.29. The molecule has 0 unspecified atom stereocenters. The van der Waals surface area contributed by atoms with Crippen LogP contribution in [-0.2, 0) is 19.4 Å². The summed E-state index contributed by atoms with van der Waals surface area (Å²) in [7, 11) is -4.25. The van der Waals surface area contributed by atoms with Gasteiger partial charge < -0.3 is 10.0 Å². The van der Waals surface area contributed by atoms with Gasteiger partial charge in [0.1, 0.15) is 0 Å². The van der Waals surface area contributed by atoms with Gasteiger partial charge in [0.2, 0.25) is 0 Å². The van der Waals surface area contributed by atoms with Gasteiger partial charge in [0, 0.05) is 12.1 Å². The van der Waals surface area contributed by atoms with E-state index in [0.717, 1.165) is 26.1 Å². The standard InChI is InChI=1S/C7H17NO4S.C6H10O2/c1-3-8(4-2)6-5-7-12-13(9,10)11;1-3-4-5(2)6(7)8/h3-7H2,1-2H3,(H,9,10,11);2-4H2,1H3,(H,7,8). The van der Waals surface area contributed by atoms with Crippen molar-refractivity contribution in [3.05, 3.63) is 12.2 Å². The summed E-state index contributed by atoms with van der Waals surface area (Å²) in [6.45, 7) is 12.0. The van der Waals surface area contributed by atoms with Gasteiger partial charge in [-0.15, -0.1) is 0 Å². The van der Waals surface area contributed by atoms with E-state index in [9.17, 15) is 13.2 Å². The lowest BCUT2D eigenvalue weighted by molar-refractivity contribution is -0.132. The number of nitrogens with zero attached hydrogens (tertiary/aromatic N) is 1. The van der Waals surface area contributed by atoms with Crippen molar-refractivity contribution in [1.29, 1.82) is 0 Å². The maximum Gasteiger partial charge on any atom is 0.397 e. The van der Waals surface area contributed by atoms with Gasteiger partial charge in [0.05, 0.1) is 6.61 Å². The second-order valence-corrected chi connectivity index (χ2v) is 5.38. The Balaban J connectivity index is 0. The van der Waals surface area contributed by atoms with Crippen LogP contribution in [0.3, 0.4) is 0 Å². The number of hydrogen-bond acceptors (Lipinski definition) is 5. The molecule has 0 aromatic heterocycles. The Morgan fingerprint density at radius 1 is 1.24 bits per heavy atom. The summed E-state index contributed by atoms with van der Waals surface area (Å²) < 4.78 is 32.7. The molecular formula is C13H27NO6S. The van der Waals surface area contributed by atoms with Gasteiger partial charge in [-0.25, -0.2) is 8.98 Å². The zero-order valence-corrected chi connectivity index (χ0v) is 13.9. The van der Waals surface area contributed by atoms with Crippen LogP contribution in [0, 0.1) is 0 Å². The van der Waals surface area contributed by atoms with E-state index in [1.54, 1.807) is 0 Å². The maximum absolute atomic E-state index is 10.1. The fraction of sp³-hybridized carbons (Fsp3) is 0.769. The summed E-state index contributed by atoms with van der Waals surface area (Å²) in [5.74, 6) is -0.883. The van der Waals surface area contributed by atoms with E-state index in [4.69, 9.17) is 9.66 Å².